The van der Waals surface area contributed by atoms with Crippen LogP contribution in [0.5, 0.6) is 5.88 Å². The summed E-state index contributed by atoms with van der Waals surface area (Å²) >= 11 is 0. The number of aryl methyl sites for hydroxylation is 1. The Morgan fingerprint density at radius 2 is 1.96 bits per heavy atom. The lowest BCUT2D eigenvalue weighted by molar-refractivity contribution is 0.386. The molecule has 7 heteroatoms. The summed E-state index contributed by atoms with van der Waals surface area (Å²) in [5, 5.41) is 10.4. The molecule has 0 radical (unpaired) electrons. The van der Waals surface area contributed by atoms with Crippen LogP contribution in [0.3, 0.4) is 0 Å². The number of rotatable bonds is 5. The molecule has 26 heavy (non-hydrogen) atoms. The third kappa shape index (κ3) is 4.11. The van der Waals surface area contributed by atoms with Crippen LogP contribution in [0.1, 0.15) is 36.8 Å². The standard InChI is InChI=1S/C19H24N4O3/c20-15-8-4-5-9-16(15)21-12-14-17(24)22-19(26)23(18(14)25)11-10-13-6-2-1-3-7-13/h1-3,6-7,12,15-16,25H,4-5,8-11,20H2,(H,22,24,26). The number of hydrogen-bond donors (Lipinski definition) is 3. The highest BCUT2D eigenvalue weighted by atomic mass is 16.3. The second kappa shape index (κ2) is 8.14. The average Bonchev–Trinajstić information content (AvgIpc) is 2.63. The van der Waals surface area contributed by atoms with Gasteiger partial charge in [-0.25, -0.2) is 4.79 Å². The zero-order chi connectivity index (χ0) is 18.5. The molecule has 4 N–H and O–H groups in total. The molecule has 0 spiro atoms. The molecular formula is C19H24N4O3. The van der Waals surface area contributed by atoms with E-state index in [0.717, 1.165) is 35.8 Å². The van der Waals surface area contributed by atoms with Gasteiger partial charge in [0.1, 0.15) is 5.56 Å². The van der Waals surface area contributed by atoms with Crippen LogP contribution in [-0.4, -0.2) is 33.0 Å². The third-order valence-electron chi connectivity index (χ3n) is 4.85. The van der Waals surface area contributed by atoms with E-state index in [-0.39, 0.29) is 30.1 Å². The summed E-state index contributed by atoms with van der Waals surface area (Å²) in [4.78, 5) is 30.8. The minimum Gasteiger partial charge on any atom is -0.494 e. The summed E-state index contributed by atoms with van der Waals surface area (Å²) in [5.74, 6) is -0.359. The summed E-state index contributed by atoms with van der Waals surface area (Å²) in [6.45, 7) is 0.259. The molecule has 0 saturated heterocycles. The molecule has 138 valence electrons. The van der Waals surface area contributed by atoms with E-state index in [2.05, 4.69) is 9.98 Å². The quantitative estimate of drug-likeness (QED) is 0.698. The lowest BCUT2D eigenvalue weighted by atomic mass is 9.91. The van der Waals surface area contributed by atoms with Crippen LogP contribution in [-0.2, 0) is 13.0 Å². The molecule has 0 amide bonds. The van der Waals surface area contributed by atoms with Crippen molar-refractivity contribution < 1.29 is 5.11 Å². The number of nitrogens with one attached hydrogen (secondary N) is 1. The van der Waals surface area contributed by atoms with Crippen LogP contribution in [0, 0.1) is 0 Å². The maximum atomic E-state index is 12.1. The molecule has 0 bridgehead atoms. The predicted octanol–water partition coefficient (Wildman–Crippen LogP) is 1.17. The monoisotopic (exact) mass is 356 g/mol. The van der Waals surface area contributed by atoms with Crippen LogP contribution in [0.2, 0.25) is 0 Å². The number of benzene rings is 1. The van der Waals surface area contributed by atoms with E-state index in [1.165, 1.54) is 6.21 Å². The van der Waals surface area contributed by atoms with Crippen molar-refractivity contribution in [3.8, 4) is 5.88 Å². The molecule has 1 aliphatic carbocycles. The molecule has 1 saturated carbocycles. The summed E-state index contributed by atoms with van der Waals surface area (Å²) < 4.78 is 1.16. The van der Waals surface area contributed by atoms with Gasteiger partial charge in [-0.3, -0.25) is 19.3 Å². The average molecular weight is 356 g/mol. The Balaban J connectivity index is 1.84. The van der Waals surface area contributed by atoms with Gasteiger partial charge in [-0.2, -0.15) is 0 Å². The van der Waals surface area contributed by atoms with Gasteiger partial charge in [0.15, 0.2) is 0 Å². The fourth-order valence-electron chi connectivity index (χ4n) is 3.28. The number of nitrogens with two attached hydrogens (primary N) is 1. The molecule has 1 aromatic heterocycles. The molecule has 1 heterocycles. The van der Waals surface area contributed by atoms with Crippen LogP contribution < -0.4 is 17.0 Å². The number of aromatic amines is 1. The zero-order valence-electron chi connectivity index (χ0n) is 14.6. The van der Waals surface area contributed by atoms with Crippen molar-refractivity contribution in [2.45, 2.75) is 50.7 Å². The molecule has 2 unspecified atom stereocenters. The first-order valence-corrected chi connectivity index (χ1v) is 8.95. The second-order valence-electron chi connectivity index (χ2n) is 6.68. The minimum atomic E-state index is -0.642. The summed E-state index contributed by atoms with van der Waals surface area (Å²) in [5.41, 5.74) is 5.83. The Labute approximate surface area is 151 Å². The molecule has 3 rings (SSSR count). The molecule has 2 atom stereocenters. The van der Waals surface area contributed by atoms with Gasteiger partial charge in [0, 0.05) is 18.8 Å². The molecular weight excluding hydrogens is 332 g/mol. The Bertz CT molecular complexity index is 886. The van der Waals surface area contributed by atoms with E-state index in [1.54, 1.807) is 0 Å². The first-order valence-electron chi connectivity index (χ1n) is 8.95. The normalized spacial score (nSPS) is 20.5. The van der Waals surface area contributed by atoms with Crippen LogP contribution in [0.4, 0.5) is 0 Å². The number of aromatic nitrogens is 2. The van der Waals surface area contributed by atoms with Crippen molar-refractivity contribution in [2.75, 3.05) is 0 Å². The number of aromatic hydroxyl groups is 1. The molecule has 1 aromatic carbocycles. The molecule has 1 aliphatic rings. The maximum absolute atomic E-state index is 12.1. The SMILES string of the molecule is NC1CCCCC1N=Cc1c(O)n(CCc2ccccc2)c(=O)[nH]c1=O. The van der Waals surface area contributed by atoms with Gasteiger partial charge in [-0.1, -0.05) is 43.2 Å². The Kier molecular flexibility index (Phi) is 5.68. The zero-order valence-corrected chi connectivity index (χ0v) is 14.6. The van der Waals surface area contributed by atoms with Crippen LogP contribution in [0.25, 0.3) is 0 Å². The van der Waals surface area contributed by atoms with Crippen molar-refractivity contribution in [1.29, 1.82) is 0 Å². The van der Waals surface area contributed by atoms with Crippen molar-refractivity contribution in [2.24, 2.45) is 10.7 Å². The number of hydrogen-bond acceptors (Lipinski definition) is 5. The summed E-state index contributed by atoms with van der Waals surface area (Å²) in [6, 6.07) is 9.53. The first-order chi connectivity index (χ1) is 12.6. The van der Waals surface area contributed by atoms with E-state index in [1.807, 2.05) is 30.3 Å². The molecule has 0 aliphatic heterocycles. The lowest BCUT2D eigenvalue weighted by Gasteiger charge is -2.24. The number of nitrogens with zero attached hydrogens (tertiary/aromatic N) is 2. The largest absolute Gasteiger partial charge is 0.494 e. The number of aliphatic imine (C=N–C) groups is 1. The van der Waals surface area contributed by atoms with Gasteiger partial charge >= 0.3 is 5.69 Å². The van der Waals surface area contributed by atoms with Crippen LogP contribution >= 0.6 is 0 Å². The smallest absolute Gasteiger partial charge is 0.331 e. The lowest BCUT2D eigenvalue weighted by Crippen LogP contribution is -2.37. The highest BCUT2D eigenvalue weighted by molar-refractivity contribution is 5.82. The van der Waals surface area contributed by atoms with E-state index in [4.69, 9.17) is 5.73 Å². The maximum Gasteiger partial charge on any atom is 0.331 e. The van der Waals surface area contributed by atoms with Gasteiger partial charge < -0.3 is 10.8 Å². The van der Waals surface area contributed by atoms with Gasteiger partial charge in [-0.15, -0.1) is 0 Å². The Morgan fingerprint density at radius 1 is 1.23 bits per heavy atom. The third-order valence-corrected chi connectivity index (χ3v) is 4.85. The van der Waals surface area contributed by atoms with E-state index in [9.17, 15) is 14.7 Å². The van der Waals surface area contributed by atoms with Crippen molar-refractivity contribution in [3.05, 3.63) is 62.3 Å². The Morgan fingerprint density at radius 3 is 2.69 bits per heavy atom. The van der Waals surface area contributed by atoms with Crippen molar-refractivity contribution in [3.63, 3.8) is 0 Å². The minimum absolute atomic E-state index is 0.00423. The van der Waals surface area contributed by atoms with Crippen molar-refractivity contribution >= 4 is 6.21 Å². The van der Waals surface area contributed by atoms with Gasteiger partial charge in [0.2, 0.25) is 5.88 Å². The molecule has 7 nitrogen and oxygen atoms in total. The number of H-pyrrole nitrogens is 1. The summed E-state index contributed by atoms with van der Waals surface area (Å²) in [6.07, 6.45) is 5.82. The van der Waals surface area contributed by atoms with Crippen molar-refractivity contribution in [1.82, 2.24) is 9.55 Å². The van der Waals surface area contributed by atoms with Crippen LogP contribution in [0.15, 0.2) is 44.9 Å². The molecule has 2 aromatic rings. The van der Waals surface area contributed by atoms with E-state index in [0.29, 0.717) is 6.42 Å². The Hall–Kier alpha value is -2.67. The van der Waals surface area contributed by atoms with E-state index < -0.39 is 11.2 Å². The topological polar surface area (TPSA) is 113 Å². The molecule has 1 fully saturated rings. The predicted molar refractivity (Wildman–Crippen MR) is 101 cm³/mol. The van der Waals surface area contributed by atoms with Gasteiger partial charge in [-0.05, 0) is 24.8 Å². The fourth-order valence-corrected chi connectivity index (χ4v) is 3.28. The second-order valence-corrected chi connectivity index (χ2v) is 6.68. The van der Waals surface area contributed by atoms with Gasteiger partial charge in [0.05, 0.1) is 6.04 Å². The highest BCUT2D eigenvalue weighted by Crippen LogP contribution is 2.20. The van der Waals surface area contributed by atoms with Gasteiger partial charge in [0.25, 0.3) is 5.56 Å². The highest BCUT2D eigenvalue weighted by Gasteiger charge is 2.21. The fraction of sp³-hybridized carbons (Fsp3) is 0.421. The summed E-state index contributed by atoms with van der Waals surface area (Å²) in [7, 11) is 0. The first kappa shape index (κ1) is 18.1. The van der Waals surface area contributed by atoms with E-state index >= 15 is 0 Å².